The van der Waals surface area contributed by atoms with Crippen LogP contribution in [0.5, 0.6) is 17.2 Å². The number of carbonyl (C=O) groups is 1. The van der Waals surface area contributed by atoms with Crippen LogP contribution in [0.4, 0.5) is 4.79 Å². The van der Waals surface area contributed by atoms with E-state index in [-0.39, 0.29) is 11.6 Å². The zero-order chi connectivity index (χ0) is 15.9. The van der Waals surface area contributed by atoms with Gasteiger partial charge in [-0.1, -0.05) is 6.07 Å². The van der Waals surface area contributed by atoms with Crippen LogP contribution in [0.3, 0.4) is 0 Å². The minimum Gasteiger partial charge on any atom is -0.493 e. The molecule has 2 amide bonds. The number of urea groups is 1. The predicted molar refractivity (Wildman–Crippen MR) is 81.3 cm³/mol. The van der Waals surface area contributed by atoms with Crippen LogP contribution < -0.4 is 24.8 Å². The molecular formula is C15H24N2O4. The van der Waals surface area contributed by atoms with Crippen molar-refractivity contribution in [2.75, 3.05) is 27.4 Å². The Labute approximate surface area is 125 Å². The van der Waals surface area contributed by atoms with Crippen LogP contribution in [-0.2, 0) is 0 Å². The Morgan fingerprint density at radius 1 is 1.14 bits per heavy atom. The summed E-state index contributed by atoms with van der Waals surface area (Å²) >= 11 is 0. The first-order valence-electron chi connectivity index (χ1n) is 6.77. The lowest BCUT2D eigenvalue weighted by molar-refractivity contribution is 0.227. The highest BCUT2D eigenvalue weighted by atomic mass is 16.5. The minimum absolute atomic E-state index is 0.219. The van der Waals surface area contributed by atoms with Gasteiger partial charge >= 0.3 is 6.03 Å². The number of ether oxygens (including phenoxy) is 3. The summed E-state index contributed by atoms with van der Waals surface area (Å²) in [5, 5.41) is 5.54. The Morgan fingerprint density at radius 2 is 1.81 bits per heavy atom. The largest absolute Gasteiger partial charge is 0.493 e. The van der Waals surface area contributed by atoms with Gasteiger partial charge in [0.1, 0.15) is 6.61 Å². The van der Waals surface area contributed by atoms with Crippen molar-refractivity contribution in [1.29, 1.82) is 0 Å². The molecule has 0 aliphatic carbocycles. The monoisotopic (exact) mass is 296 g/mol. The van der Waals surface area contributed by atoms with Gasteiger partial charge < -0.3 is 24.8 Å². The van der Waals surface area contributed by atoms with Crippen LogP contribution in [0.25, 0.3) is 0 Å². The second-order valence-corrected chi connectivity index (χ2v) is 5.47. The minimum atomic E-state index is -0.263. The summed E-state index contributed by atoms with van der Waals surface area (Å²) < 4.78 is 16.1. The van der Waals surface area contributed by atoms with Crippen molar-refractivity contribution in [2.24, 2.45) is 0 Å². The lowest BCUT2D eigenvalue weighted by atomic mass is 10.1. The predicted octanol–water partition coefficient (Wildman–Crippen LogP) is 2.18. The summed E-state index contributed by atoms with van der Waals surface area (Å²) in [4.78, 5) is 11.6. The van der Waals surface area contributed by atoms with Crippen molar-refractivity contribution in [2.45, 2.75) is 26.3 Å². The SMILES string of the molecule is COc1cccc(OCCNC(=O)NC(C)(C)C)c1OC. The molecule has 0 aromatic heterocycles. The zero-order valence-corrected chi connectivity index (χ0v) is 13.3. The number of methoxy groups -OCH3 is 2. The lowest BCUT2D eigenvalue weighted by Gasteiger charge is -2.20. The number of nitrogens with one attached hydrogen (secondary N) is 2. The molecule has 0 atom stereocenters. The van der Waals surface area contributed by atoms with E-state index in [4.69, 9.17) is 14.2 Å². The number of benzene rings is 1. The molecule has 0 heterocycles. The third-order valence-corrected chi connectivity index (χ3v) is 2.50. The van der Waals surface area contributed by atoms with Gasteiger partial charge in [0.05, 0.1) is 20.8 Å². The maximum absolute atomic E-state index is 11.6. The quantitative estimate of drug-likeness (QED) is 0.790. The van der Waals surface area contributed by atoms with Gasteiger partial charge in [0.15, 0.2) is 11.5 Å². The van der Waals surface area contributed by atoms with Crippen LogP contribution in [0, 0.1) is 0 Å². The third-order valence-electron chi connectivity index (χ3n) is 2.50. The van der Waals surface area contributed by atoms with E-state index in [0.717, 1.165) is 0 Å². The molecule has 0 aliphatic heterocycles. The second kappa shape index (κ2) is 7.61. The Morgan fingerprint density at radius 3 is 2.38 bits per heavy atom. The molecule has 2 N–H and O–H groups in total. The van der Waals surface area contributed by atoms with E-state index in [1.54, 1.807) is 26.4 Å². The molecule has 1 aromatic rings. The Kier molecular flexibility index (Phi) is 6.14. The number of hydrogen-bond donors (Lipinski definition) is 2. The van der Waals surface area contributed by atoms with Crippen molar-refractivity contribution in [3.05, 3.63) is 18.2 Å². The maximum Gasteiger partial charge on any atom is 0.315 e. The molecule has 1 aromatic carbocycles. The van der Waals surface area contributed by atoms with Crippen molar-refractivity contribution in [3.63, 3.8) is 0 Å². The van der Waals surface area contributed by atoms with Gasteiger partial charge in [0.25, 0.3) is 0 Å². The summed E-state index contributed by atoms with van der Waals surface area (Å²) in [5.41, 5.74) is -0.263. The van der Waals surface area contributed by atoms with Gasteiger partial charge in [-0.3, -0.25) is 0 Å². The fraction of sp³-hybridized carbons (Fsp3) is 0.533. The molecule has 1 rings (SSSR count). The molecular weight excluding hydrogens is 272 g/mol. The van der Waals surface area contributed by atoms with E-state index in [1.807, 2.05) is 26.8 Å². The Bertz CT molecular complexity index is 469. The molecule has 118 valence electrons. The average Bonchev–Trinajstić information content (AvgIpc) is 2.41. The first-order valence-corrected chi connectivity index (χ1v) is 6.77. The lowest BCUT2D eigenvalue weighted by Crippen LogP contribution is -2.47. The molecule has 0 radical (unpaired) electrons. The molecule has 0 bridgehead atoms. The van der Waals surface area contributed by atoms with E-state index >= 15 is 0 Å². The highest BCUT2D eigenvalue weighted by molar-refractivity contribution is 5.74. The van der Waals surface area contributed by atoms with Crippen molar-refractivity contribution in [3.8, 4) is 17.2 Å². The summed E-state index contributed by atoms with van der Waals surface area (Å²) in [6.07, 6.45) is 0. The van der Waals surface area contributed by atoms with E-state index in [0.29, 0.717) is 30.4 Å². The average molecular weight is 296 g/mol. The third kappa shape index (κ3) is 5.81. The second-order valence-electron chi connectivity index (χ2n) is 5.47. The fourth-order valence-electron chi connectivity index (χ4n) is 1.68. The summed E-state index contributed by atoms with van der Waals surface area (Å²) in [6.45, 7) is 6.49. The first-order chi connectivity index (χ1) is 9.87. The van der Waals surface area contributed by atoms with Crippen molar-refractivity contribution >= 4 is 6.03 Å². The van der Waals surface area contributed by atoms with Gasteiger partial charge in [-0.25, -0.2) is 4.79 Å². The summed E-state index contributed by atoms with van der Waals surface area (Å²) in [6, 6.07) is 5.18. The molecule has 6 heteroatoms. The summed E-state index contributed by atoms with van der Waals surface area (Å²) in [5.74, 6) is 1.72. The highest BCUT2D eigenvalue weighted by Gasteiger charge is 2.13. The van der Waals surface area contributed by atoms with E-state index in [1.165, 1.54) is 0 Å². The number of para-hydroxylation sites is 1. The van der Waals surface area contributed by atoms with Gasteiger partial charge in [-0.15, -0.1) is 0 Å². The molecule has 21 heavy (non-hydrogen) atoms. The summed E-state index contributed by atoms with van der Waals surface area (Å²) in [7, 11) is 3.12. The van der Waals surface area contributed by atoms with E-state index < -0.39 is 0 Å². The first kappa shape index (κ1) is 16.9. The molecule has 0 saturated carbocycles. The number of hydrogen-bond acceptors (Lipinski definition) is 4. The van der Waals surface area contributed by atoms with Gasteiger partial charge in [-0.05, 0) is 32.9 Å². The highest BCUT2D eigenvalue weighted by Crippen LogP contribution is 2.36. The molecule has 0 aliphatic rings. The molecule has 6 nitrogen and oxygen atoms in total. The topological polar surface area (TPSA) is 68.8 Å². The Balaban J connectivity index is 2.45. The standard InChI is InChI=1S/C15H24N2O4/c1-15(2,3)17-14(18)16-9-10-21-12-8-6-7-11(19-4)13(12)20-5/h6-8H,9-10H2,1-5H3,(H2,16,17,18). The number of amides is 2. The van der Waals surface area contributed by atoms with Gasteiger partial charge in [0.2, 0.25) is 5.75 Å². The van der Waals surface area contributed by atoms with Crippen LogP contribution in [0.1, 0.15) is 20.8 Å². The smallest absolute Gasteiger partial charge is 0.315 e. The number of carbonyl (C=O) groups excluding carboxylic acids is 1. The molecule has 0 unspecified atom stereocenters. The van der Waals surface area contributed by atoms with Crippen LogP contribution in [0.2, 0.25) is 0 Å². The van der Waals surface area contributed by atoms with Gasteiger partial charge in [0, 0.05) is 5.54 Å². The van der Waals surface area contributed by atoms with E-state index in [2.05, 4.69) is 10.6 Å². The van der Waals surface area contributed by atoms with Crippen molar-refractivity contribution in [1.82, 2.24) is 10.6 Å². The van der Waals surface area contributed by atoms with Crippen LogP contribution in [0.15, 0.2) is 18.2 Å². The zero-order valence-electron chi connectivity index (χ0n) is 13.3. The van der Waals surface area contributed by atoms with E-state index in [9.17, 15) is 4.79 Å². The van der Waals surface area contributed by atoms with Crippen LogP contribution >= 0.6 is 0 Å². The number of rotatable bonds is 6. The fourth-order valence-corrected chi connectivity index (χ4v) is 1.68. The molecule has 0 saturated heterocycles. The maximum atomic E-state index is 11.6. The molecule has 0 fully saturated rings. The van der Waals surface area contributed by atoms with Crippen molar-refractivity contribution < 1.29 is 19.0 Å². The van der Waals surface area contributed by atoms with Crippen LogP contribution in [-0.4, -0.2) is 38.9 Å². The Hall–Kier alpha value is -2.11. The molecule has 0 spiro atoms. The normalized spacial score (nSPS) is 10.7. The van der Waals surface area contributed by atoms with Gasteiger partial charge in [-0.2, -0.15) is 0 Å².